The molecule has 6 nitrogen and oxygen atoms in total. The molecule has 0 aliphatic rings. The van der Waals surface area contributed by atoms with Crippen molar-refractivity contribution < 1.29 is 9.45 Å². The van der Waals surface area contributed by atoms with E-state index in [0.29, 0.717) is 11.4 Å². The molecule has 0 aliphatic carbocycles. The maximum absolute atomic E-state index is 11.7. The number of fused-ring (bicyclic) bond motifs is 3. The van der Waals surface area contributed by atoms with Gasteiger partial charge in [-0.15, -0.1) is 0 Å². The average Bonchev–Trinajstić information content (AvgIpc) is 3.23. The number of benzene rings is 4. The van der Waals surface area contributed by atoms with Crippen LogP contribution in [0.4, 0.5) is 11.4 Å². The molecule has 206 valence electrons. The number of nitro groups is 1. The molecule has 0 bridgehead atoms. The van der Waals surface area contributed by atoms with Crippen LogP contribution in [0.2, 0.25) is 0 Å². The topological polar surface area (TPSA) is 69.7 Å². The molecule has 0 spiro atoms. The Kier molecular flexibility index (Phi) is 7.73. The lowest BCUT2D eigenvalue weighted by atomic mass is 10.1. The first kappa shape index (κ1) is 28.6. The van der Waals surface area contributed by atoms with Gasteiger partial charge in [0.25, 0.3) is 5.69 Å². The highest BCUT2D eigenvalue weighted by molar-refractivity contribution is 9.11. The Morgan fingerprint density at radius 1 is 0.950 bits per heavy atom. The van der Waals surface area contributed by atoms with Crippen LogP contribution in [-0.2, 0) is 6.54 Å². The van der Waals surface area contributed by atoms with Crippen molar-refractivity contribution >= 4 is 77.6 Å². The third-order valence-electron chi connectivity index (χ3n) is 7.11. The van der Waals surface area contributed by atoms with Gasteiger partial charge in [0, 0.05) is 55.4 Å². The van der Waals surface area contributed by atoms with E-state index in [1.807, 2.05) is 25.1 Å². The summed E-state index contributed by atoms with van der Waals surface area (Å²) in [5.74, 6) is 0.661. The smallest absolute Gasteiger partial charge is 0.271 e. The minimum absolute atomic E-state index is 0.00245. The summed E-state index contributed by atoms with van der Waals surface area (Å²) >= 11 is 7.22. The van der Waals surface area contributed by atoms with E-state index in [-0.39, 0.29) is 10.6 Å². The van der Waals surface area contributed by atoms with E-state index in [1.54, 1.807) is 12.1 Å². The molecule has 1 heterocycles. The summed E-state index contributed by atoms with van der Waals surface area (Å²) in [5, 5.41) is 14.5. The molecular weight excluding hydrogens is 653 g/mol. The molecule has 0 saturated carbocycles. The van der Waals surface area contributed by atoms with Crippen LogP contribution >= 0.6 is 39.1 Å². The van der Waals surface area contributed by atoms with Gasteiger partial charge < -0.3 is 9.09 Å². The molecule has 5 aromatic rings. The molecule has 0 amide bonds. The number of para-hydroxylation sites is 1. The molecule has 40 heavy (non-hydrogen) atoms. The molecule has 5 rings (SSSR count). The van der Waals surface area contributed by atoms with Crippen molar-refractivity contribution in [3.05, 3.63) is 103 Å². The van der Waals surface area contributed by atoms with Crippen LogP contribution in [-0.4, -0.2) is 14.6 Å². The Bertz CT molecular complexity index is 1840. The Balaban J connectivity index is 1.89. The highest BCUT2D eigenvalue weighted by atomic mass is 79.9. The Morgan fingerprint density at radius 3 is 2.35 bits per heavy atom. The Hall–Kier alpha value is -2.93. The van der Waals surface area contributed by atoms with Gasteiger partial charge in [-0.1, -0.05) is 61.0 Å². The first-order chi connectivity index (χ1) is 18.9. The number of aromatic nitrogens is 1. The molecule has 1 unspecified atom stereocenters. The molecule has 1 aromatic heterocycles. The second kappa shape index (κ2) is 10.8. The molecule has 9 heteroatoms. The average molecular weight is 683 g/mol. The predicted molar refractivity (Wildman–Crippen MR) is 174 cm³/mol. The van der Waals surface area contributed by atoms with Crippen LogP contribution in [0, 0.1) is 17.0 Å². The van der Waals surface area contributed by atoms with Crippen LogP contribution in [0.15, 0.2) is 92.6 Å². The van der Waals surface area contributed by atoms with E-state index >= 15 is 0 Å². The van der Waals surface area contributed by atoms with Gasteiger partial charge in [-0.25, -0.2) is 4.74 Å². The summed E-state index contributed by atoms with van der Waals surface area (Å²) in [6.07, 6.45) is 0. The molecule has 4 aromatic carbocycles. The van der Waals surface area contributed by atoms with Gasteiger partial charge in [0.1, 0.15) is 5.75 Å². The number of nitro benzene ring substituents is 1. The highest BCUT2D eigenvalue weighted by Crippen LogP contribution is 2.63. The molecule has 0 fully saturated rings. The number of aryl methyl sites for hydroxylation is 2. The van der Waals surface area contributed by atoms with E-state index in [1.165, 1.54) is 17.0 Å². The number of non-ortho nitro benzene ring substituents is 1. The van der Waals surface area contributed by atoms with Crippen LogP contribution < -0.4 is 9.83 Å². The van der Waals surface area contributed by atoms with Crippen molar-refractivity contribution in [2.24, 2.45) is 4.74 Å². The minimum atomic E-state index is -2.93. The van der Waals surface area contributed by atoms with E-state index in [4.69, 9.17) is 9.27 Å². The van der Waals surface area contributed by atoms with Crippen LogP contribution in [0.1, 0.15) is 33.3 Å². The van der Waals surface area contributed by atoms with Gasteiger partial charge >= 0.3 is 0 Å². The van der Waals surface area contributed by atoms with E-state index in [0.717, 1.165) is 37.3 Å². The van der Waals surface area contributed by atoms with E-state index in [9.17, 15) is 10.1 Å². The summed E-state index contributed by atoms with van der Waals surface area (Å²) < 4.78 is 16.5. The number of hydrogen-bond donors (Lipinski definition) is 0. The summed E-state index contributed by atoms with van der Waals surface area (Å²) in [6, 6.07) is 25.6. The third-order valence-corrected chi connectivity index (χ3v) is 12.0. The van der Waals surface area contributed by atoms with Crippen molar-refractivity contribution in [2.45, 2.75) is 46.3 Å². The van der Waals surface area contributed by atoms with Crippen LogP contribution in [0.25, 0.3) is 21.8 Å². The monoisotopic (exact) mass is 681 g/mol. The lowest BCUT2D eigenvalue weighted by molar-refractivity contribution is -0.384. The molecule has 0 saturated heterocycles. The standard InChI is InChI=1S/C31H30Br2N3O3P/c1-6-35-28-10-8-7-9-24(28)25-19-23(14-15-29(25)35)40(31(3,4)5,39-30-16-12-21(32)17-26(30)33)34-27-18-22(36(37)38)13-11-20(27)2/h7-19H,6H2,1-5H3. The molecule has 0 aliphatic heterocycles. The summed E-state index contributed by atoms with van der Waals surface area (Å²) in [6.45, 7) is 11.3. The van der Waals surface area contributed by atoms with E-state index < -0.39 is 12.4 Å². The van der Waals surface area contributed by atoms with Gasteiger partial charge in [0.15, 0.2) is 7.28 Å². The molecule has 0 radical (unpaired) electrons. The van der Waals surface area contributed by atoms with Gasteiger partial charge in [-0.05, 0) is 77.8 Å². The minimum Gasteiger partial charge on any atom is -0.454 e. The lowest BCUT2D eigenvalue weighted by Crippen LogP contribution is -2.27. The van der Waals surface area contributed by atoms with Gasteiger partial charge in [-0.3, -0.25) is 10.1 Å². The van der Waals surface area contributed by atoms with E-state index in [2.05, 4.69) is 107 Å². The predicted octanol–water partition coefficient (Wildman–Crippen LogP) is 10.5. The zero-order chi connectivity index (χ0) is 28.8. The van der Waals surface area contributed by atoms with Crippen molar-refractivity contribution in [1.82, 2.24) is 4.57 Å². The summed E-state index contributed by atoms with van der Waals surface area (Å²) in [4.78, 5) is 11.3. The van der Waals surface area contributed by atoms with Gasteiger partial charge in [0.05, 0.1) is 15.1 Å². The Labute approximate surface area is 250 Å². The first-order valence-electron chi connectivity index (χ1n) is 13.0. The van der Waals surface area contributed by atoms with Crippen molar-refractivity contribution in [3.63, 3.8) is 0 Å². The number of halogens is 2. The SMILES string of the molecule is CCn1c2ccccc2c2cc(P(=Nc3cc([N+](=O)[O-])ccc3C)(Oc3ccc(Br)cc3Br)C(C)(C)C)ccc21. The maximum Gasteiger partial charge on any atom is 0.271 e. The lowest BCUT2D eigenvalue weighted by Gasteiger charge is -2.37. The van der Waals surface area contributed by atoms with Crippen LogP contribution in [0.5, 0.6) is 5.75 Å². The second-order valence-electron chi connectivity index (χ2n) is 10.7. The fraction of sp³-hybridized carbons (Fsp3) is 0.226. The molecule has 1 atom stereocenters. The van der Waals surface area contributed by atoms with Crippen molar-refractivity contribution in [3.8, 4) is 5.75 Å². The fourth-order valence-electron chi connectivity index (χ4n) is 5.04. The first-order valence-corrected chi connectivity index (χ1v) is 16.2. The maximum atomic E-state index is 11.7. The van der Waals surface area contributed by atoms with Crippen LogP contribution in [0.3, 0.4) is 0 Å². The zero-order valence-corrected chi connectivity index (χ0v) is 27.0. The summed E-state index contributed by atoms with van der Waals surface area (Å²) in [5.41, 5.74) is 3.74. The largest absolute Gasteiger partial charge is 0.454 e. The number of nitrogens with zero attached hydrogens (tertiary/aromatic N) is 3. The number of hydrogen-bond acceptors (Lipinski definition) is 4. The Morgan fingerprint density at radius 2 is 1.68 bits per heavy atom. The fourth-order valence-corrected chi connectivity index (χ4v) is 9.45. The second-order valence-corrected chi connectivity index (χ2v) is 15.9. The molecular formula is C31H30Br2N3O3P. The zero-order valence-electron chi connectivity index (χ0n) is 23.0. The van der Waals surface area contributed by atoms with Crippen molar-refractivity contribution in [2.75, 3.05) is 0 Å². The quantitative estimate of drug-likeness (QED) is 0.102. The highest BCUT2D eigenvalue weighted by Gasteiger charge is 2.40. The number of rotatable bonds is 6. The third kappa shape index (κ3) is 5.02. The summed E-state index contributed by atoms with van der Waals surface area (Å²) in [7, 11) is -2.93. The van der Waals surface area contributed by atoms with Gasteiger partial charge in [0.2, 0.25) is 0 Å². The van der Waals surface area contributed by atoms with Crippen molar-refractivity contribution in [1.29, 1.82) is 0 Å². The van der Waals surface area contributed by atoms with Gasteiger partial charge in [-0.2, -0.15) is 0 Å². The normalized spacial score (nSPS) is 13.4. The molecule has 0 N–H and O–H groups in total.